The second kappa shape index (κ2) is 10.8. The lowest BCUT2D eigenvalue weighted by Gasteiger charge is -2.21. The van der Waals surface area contributed by atoms with E-state index in [2.05, 4.69) is 15.6 Å². The summed E-state index contributed by atoms with van der Waals surface area (Å²) in [7, 11) is 0. The van der Waals surface area contributed by atoms with Gasteiger partial charge in [-0.05, 0) is 36.5 Å². The maximum atomic E-state index is 12.4. The lowest BCUT2D eigenvalue weighted by Crippen LogP contribution is -2.56. The predicted molar refractivity (Wildman–Crippen MR) is 112 cm³/mol. The first-order valence-corrected chi connectivity index (χ1v) is 10.5. The van der Waals surface area contributed by atoms with Gasteiger partial charge in [-0.2, -0.15) is 11.8 Å². The lowest BCUT2D eigenvalue weighted by molar-refractivity contribution is -0.142. The quantitative estimate of drug-likeness (QED) is 0.294. The third kappa shape index (κ3) is 6.21. The number of carboxylic acids is 1. The van der Waals surface area contributed by atoms with E-state index < -0.39 is 42.5 Å². The molecule has 2 aromatic rings. The van der Waals surface area contributed by atoms with Crippen LogP contribution in [0, 0.1) is 0 Å². The number of aliphatic carboxylic acids is 1. The summed E-state index contributed by atoms with van der Waals surface area (Å²) in [4.78, 5) is 39.1. The Balaban J connectivity index is 1.97. The molecule has 1 aromatic heterocycles. The fraction of sp³-hybridized carbons (Fsp3) is 0.421. The number of nitrogens with two attached hydrogens (primary N) is 1. The van der Waals surface area contributed by atoms with Crippen LogP contribution in [0.3, 0.4) is 0 Å². The van der Waals surface area contributed by atoms with Crippen LogP contribution in [0.25, 0.3) is 10.9 Å². The monoisotopic (exact) mass is 422 g/mol. The molecule has 0 radical (unpaired) electrons. The van der Waals surface area contributed by atoms with Crippen molar-refractivity contribution in [2.75, 3.05) is 18.6 Å². The zero-order valence-corrected chi connectivity index (χ0v) is 16.9. The Morgan fingerprint density at radius 1 is 1.17 bits per heavy atom. The Morgan fingerprint density at radius 2 is 1.86 bits per heavy atom. The van der Waals surface area contributed by atoms with E-state index in [1.165, 1.54) is 11.8 Å². The first kappa shape index (κ1) is 22.7. The molecule has 3 atom stereocenters. The van der Waals surface area contributed by atoms with Crippen molar-refractivity contribution in [1.29, 1.82) is 0 Å². The number of H-pyrrole nitrogens is 1. The highest BCUT2D eigenvalue weighted by Gasteiger charge is 2.27. The van der Waals surface area contributed by atoms with E-state index in [1.807, 2.05) is 30.5 Å². The van der Waals surface area contributed by atoms with Gasteiger partial charge in [0.25, 0.3) is 0 Å². The highest BCUT2D eigenvalue weighted by molar-refractivity contribution is 7.98. The molecule has 158 valence electrons. The molecule has 0 unspecified atom stereocenters. The largest absolute Gasteiger partial charge is 0.480 e. The van der Waals surface area contributed by atoms with E-state index in [-0.39, 0.29) is 12.8 Å². The number of hydrogen-bond acceptors (Lipinski definition) is 6. The van der Waals surface area contributed by atoms with Crippen LogP contribution >= 0.6 is 11.8 Å². The Labute approximate surface area is 172 Å². The molecule has 7 N–H and O–H groups in total. The van der Waals surface area contributed by atoms with Crippen molar-refractivity contribution in [2.45, 2.75) is 31.0 Å². The maximum Gasteiger partial charge on any atom is 0.326 e. The summed E-state index contributed by atoms with van der Waals surface area (Å²) in [6.07, 6.45) is 4.07. The summed E-state index contributed by atoms with van der Waals surface area (Å²) < 4.78 is 0. The number of benzene rings is 1. The van der Waals surface area contributed by atoms with Gasteiger partial charge in [0.2, 0.25) is 11.8 Å². The van der Waals surface area contributed by atoms with Gasteiger partial charge < -0.3 is 31.6 Å². The second-order valence-corrected chi connectivity index (χ2v) is 7.58. The molecule has 9 nitrogen and oxygen atoms in total. The standard InChI is InChI=1S/C19H26N4O5S/c1-29-7-6-15(19(27)28)22-18(26)16(10-24)23-17(25)13(20)8-11-9-21-14-5-3-2-4-12(11)14/h2-5,9,13,15-16,21,24H,6-8,10,20H2,1H3,(H,22,26)(H,23,25)(H,27,28)/t13-,15-,16-/m0/s1. The van der Waals surface area contributed by atoms with Crippen molar-refractivity contribution in [1.82, 2.24) is 15.6 Å². The van der Waals surface area contributed by atoms with Crippen molar-refractivity contribution < 1.29 is 24.6 Å². The van der Waals surface area contributed by atoms with Crippen molar-refractivity contribution in [3.05, 3.63) is 36.0 Å². The minimum atomic E-state index is -1.28. The summed E-state index contributed by atoms with van der Waals surface area (Å²) in [5, 5.41) is 24.4. The van der Waals surface area contributed by atoms with Crippen molar-refractivity contribution in [3.63, 3.8) is 0 Å². The molecule has 10 heteroatoms. The van der Waals surface area contributed by atoms with Gasteiger partial charge in [0.05, 0.1) is 12.6 Å². The summed E-state index contributed by atoms with van der Waals surface area (Å²) in [6, 6.07) is 4.27. The number of thioether (sulfide) groups is 1. The Bertz CT molecular complexity index is 856. The zero-order valence-electron chi connectivity index (χ0n) is 16.1. The molecule has 0 spiro atoms. The molecule has 0 bridgehead atoms. The van der Waals surface area contributed by atoms with Gasteiger partial charge in [-0.25, -0.2) is 4.79 Å². The molecule has 2 rings (SSSR count). The number of nitrogens with one attached hydrogen (secondary N) is 3. The highest BCUT2D eigenvalue weighted by Crippen LogP contribution is 2.18. The van der Waals surface area contributed by atoms with Crippen LogP contribution in [0.2, 0.25) is 0 Å². The van der Waals surface area contributed by atoms with Crippen LogP contribution in [0.15, 0.2) is 30.5 Å². The van der Waals surface area contributed by atoms with Crippen molar-refractivity contribution >= 4 is 40.4 Å². The third-order valence-electron chi connectivity index (χ3n) is 4.49. The second-order valence-electron chi connectivity index (χ2n) is 6.59. The summed E-state index contributed by atoms with van der Waals surface area (Å²) in [5.74, 6) is -2.01. The molecule has 0 saturated heterocycles. The van der Waals surface area contributed by atoms with Crippen LogP contribution in [0.5, 0.6) is 0 Å². The van der Waals surface area contributed by atoms with Gasteiger partial charge >= 0.3 is 5.97 Å². The average molecular weight is 423 g/mol. The minimum Gasteiger partial charge on any atom is -0.480 e. The Kier molecular flexibility index (Phi) is 8.50. The third-order valence-corrected chi connectivity index (χ3v) is 5.14. The number of carboxylic acid groups (broad SMARTS) is 1. The summed E-state index contributed by atoms with van der Waals surface area (Å²) >= 11 is 1.45. The smallest absolute Gasteiger partial charge is 0.326 e. The van der Waals surface area contributed by atoms with Gasteiger partial charge in [0, 0.05) is 17.1 Å². The molecule has 2 amide bonds. The number of amides is 2. The Hall–Kier alpha value is -2.56. The number of aromatic amines is 1. The zero-order chi connectivity index (χ0) is 21.4. The van der Waals surface area contributed by atoms with Crippen LogP contribution in [0.4, 0.5) is 0 Å². The molecule has 1 aromatic carbocycles. The maximum absolute atomic E-state index is 12.4. The topological polar surface area (TPSA) is 158 Å². The van der Waals surface area contributed by atoms with Crippen LogP contribution < -0.4 is 16.4 Å². The van der Waals surface area contributed by atoms with Gasteiger partial charge in [-0.1, -0.05) is 18.2 Å². The van der Waals surface area contributed by atoms with Crippen LogP contribution in [0.1, 0.15) is 12.0 Å². The van der Waals surface area contributed by atoms with E-state index in [1.54, 1.807) is 6.20 Å². The number of aliphatic hydroxyl groups is 1. The molecule has 0 fully saturated rings. The summed E-state index contributed by atoms with van der Waals surface area (Å²) in [5.41, 5.74) is 7.76. The van der Waals surface area contributed by atoms with Crippen molar-refractivity contribution in [3.8, 4) is 0 Å². The number of para-hydroxylation sites is 1. The molecule has 1 heterocycles. The SMILES string of the molecule is CSCC[C@H](NC(=O)[C@H](CO)NC(=O)[C@@H](N)Cc1c[nH]c2ccccc12)C(=O)O. The van der Waals surface area contributed by atoms with Gasteiger partial charge in [0.1, 0.15) is 12.1 Å². The minimum absolute atomic E-state index is 0.231. The molecule has 0 saturated carbocycles. The predicted octanol–water partition coefficient (Wildman–Crippen LogP) is -0.163. The molecule has 0 aliphatic carbocycles. The summed E-state index contributed by atoms with van der Waals surface area (Å²) in [6.45, 7) is -0.674. The molecule has 29 heavy (non-hydrogen) atoms. The normalized spacial score (nSPS) is 14.2. The van der Waals surface area contributed by atoms with E-state index in [9.17, 15) is 24.6 Å². The van der Waals surface area contributed by atoms with E-state index >= 15 is 0 Å². The van der Waals surface area contributed by atoms with E-state index in [4.69, 9.17) is 5.73 Å². The first-order valence-electron chi connectivity index (χ1n) is 9.11. The molecular formula is C19H26N4O5S. The van der Waals surface area contributed by atoms with Crippen LogP contribution in [-0.2, 0) is 20.8 Å². The van der Waals surface area contributed by atoms with Gasteiger partial charge in [-0.3, -0.25) is 9.59 Å². The fourth-order valence-corrected chi connectivity index (χ4v) is 3.34. The van der Waals surface area contributed by atoms with Crippen LogP contribution in [-0.4, -0.2) is 69.7 Å². The van der Waals surface area contributed by atoms with E-state index in [0.29, 0.717) is 5.75 Å². The fourth-order valence-electron chi connectivity index (χ4n) is 2.87. The lowest BCUT2D eigenvalue weighted by atomic mass is 10.0. The first-order chi connectivity index (χ1) is 13.9. The number of rotatable bonds is 11. The molecule has 0 aliphatic heterocycles. The van der Waals surface area contributed by atoms with E-state index in [0.717, 1.165) is 16.5 Å². The number of aliphatic hydroxyl groups excluding tert-OH is 1. The number of aromatic nitrogens is 1. The van der Waals surface area contributed by atoms with Crippen molar-refractivity contribution in [2.24, 2.45) is 5.73 Å². The number of fused-ring (bicyclic) bond motifs is 1. The number of carbonyl (C=O) groups excluding carboxylic acids is 2. The average Bonchev–Trinajstić information content (AvgIpc) is 3.11. The van der Waals surface area contributed by atoms with Gasteiger partial charge in [0.15, 0.2) is 0 Å². The highest BCUT2D eigenvalue weighted by atomic mass is 32.2. The Morgan fingerprint density at radius 3 is 2.52 bits per heavy atom. The molecule has 0 aliphatic rings. The molecular weight excluding hydrogens is 396 g/mol. The number of hydrogen-bond donors (Lipinski definition) is 6. The van der Waals surface area contributed by atoms with Gasteiger partial charge in [-0.15, -0.1) is 0 Å². The number of carbonyl (C=O) groups is 3.